The van der Waals surface area contributed by atoms with E-state index >= 15 is 0 Å². The number of para-hydroxylation sites is 1. The van der Waals surface area contributed by atoms with E-state index in [9.17, 15) is 0 Å². The Morgan fingerprint density at radius 1 is 1.57 bits per heavy atom. The van der Waals surface area contributed by atoms with E-state index in [4.69, 9.17) is 17.3 Å². The highest BCUT2D eigenvalue weighted by Crippen LogP contribution is 2.41. The first-order valence-electron chi connectivity index (χ1n) is 4.86. The number of hydrogen-bond donors (Lipinski definition) is 1. The second-order valence-electron chi connectivity index (χ2n) is 4.02. The van der Waals surface area contributed by atoms with E-state index in [1.54, 1.807) is 0 Å². The summed E-state index contributed by atoms with van der Waals surface area (Å²) in [4.78, 5) is 2.19. The normalized spacial score (nSPS) is 22.3. The van der Waals surface area contributed by atoms with Crippen LogP contribution in [0.3, 0.4) is 0 Å². The van der Waals surface area contributed by atoms with Gasteiger partial charge in [-0.1, -0.05) is 23.7 Å². The fourth-order valence-electron chi connectivity index (χ4n) is 2.17. The summed E-state index contributed by atoms with van der Waals surface area (Å²) in [6, 6.07) is 6.23. The van der Waals surface area contributed by atoms with Crippen molar-refractivity contribution in [3.05, 3.63) is 28.8 Å². The van der Waals surface area contributed by atoms with Gasteiger partial charge in [0, 0.05) is 25.6 Å². The molecule has 14 heavy (non-hydrogen) atoms. The molecule has 76 valence electrons. The summed E-state index contributed by atoms with van der Waals surface area (Å²) < 4.78 is 0. The maximum absolute atomic E-state index is 6.15. The van der Waals surface area contributed by atoms with Crippen molar-refractivity contribution in [2.24, 2.45) is 5.73 Å². The van der Waals surface area contributed by atoms with Crippen molar-refractivity contribution in [3.63, 3.8) is 0 Å². The van der Waals surface area contributed by atoms with Crippen molar-refractivity contribution >= 4 is 17.3 Å². The molecule has 2 nitrogen and oxygen atoms in total. The van der Waals surface area contributed by atoms with E-state index in [1.165, 1.54) is 5.56 Å². The van der Waals surface area contributed by atoms with Crippen LogP contribution in [0.4, 0.5) is 5.69 Å². The zero-order valence-corrected chi connectivity index (χ0v) is 9.25. The SMILES string of the molecule is CC(N)C1CN(C)c2c(Cl)cccc21. The Morgan fingerprint density at radius 3 is 2.93 bits per heavy atom. The van der Waals surface area contributed by atoms with E-state index in [0.29, 0.717) is 5.92 Å². The van der Waals surface area contributed by atoms with Crippen LogP contribution >= 0.6 is 11.6 Å². The van der Waals surface area contributed by atoms with Gasteiger partial charge in [-0.05, 0) is 18.6 Å². The van der Waals surface area contributed by atoms with Gasteiger partial charge in [0.2, 0.25) is 0 Å². The van der Waals surface area contributed by atoms with E-state index in [2.05, 4.69) is 24.9 Å². The van der Waals surface area contributed by atoms with Crippen LogP contribution in [0.2, 0.25) is 5.02 Å². The number of rotatable bonds is 1. The van der Waals surface area contributed by atoms with Gasteiger partial charge in [0.25, 0.3) is 0 Å². The minimum atomic E-state index is 0.178. The first-order chi connectivity index (χ1) is 6.61. The molecule has 2 atom stereocenters. The third-order valence-electron chi connectivity index (χ3n) is 2.90. The number of halogens is 1. The molecule has 1 aliphatic heterocycles. The summed E-state index contributed by atoms with van der Waals surface area (Å²) in [6.07, 6.45) is 0. The van der Waals surface area contributed by atoms with Crippen LogP contribution in [0.1, 0.15) is 18.4 Å². The molecule has 2 N–H and O–H groups in total. The lowest BCUT2D eigenvalue weighted by atomic mass is 9.95. The molecule has 0 spiro atoms. The lowest BCUT2D eigenvalue weighted by Gasteiger charge is -2.15. The van der Waals surface area contributed by atoms with Crippen LogP contribution in [0, 0.1) is 0 Å². The molecule has 0 saturated carbocycles. The Labute approximate surface area is 89.7 Å². The molecule has 1 aliphatic rings. The van der Waals surface area contributed by atoms with Gasteiger partial charge >= 0.3 is 0 Å². The van der Waals surface area contributed by atoms with E-state index < -0.39 is 0 Å². The summed E-state index contributed by atoms with van der Waals surface area (Å²) in [5, 5.41) is 0.827. The number of nitrogens with two attached hydrogens (primary N) is 1. The highest BCUT2D eigenvalue weighted by atomic mass is 35.5. The number of benzene rings is 1. The molecule has 0 amide bonds. The minimum absolute atomic E-state index is 0.178. The van der Waals surface area contributed by atoms with Gasteiger partial charge in [-0.25, -0.2) is 0 Å². The third-order valence-corrected chi connectivity index (χ3v) is 3.21. The van der Waals surface area contributed by atoms with E-state index in [-0.39, 0.29) is 6.04 Å². The molecule has 1 aromatic carbocycles. The number of fused-ring (bicyclic) bond motifs is 1. The van der Waals surface area contributed by atoms with Crippen molar-refractivity contribution in [2.45, 2.75) is 18.9 Å². The number of nitrogens with zero attached hydrogens (tertiary/aromatic N) is 1. The smallest absolute Gasteiger partial charge is 0.0642 e. The second kappa shape index (κ2) is 3.44. The molecule has 2 unspecified atom stereocenters. The standard InChI is InChI=1S/C11H15ClN2/c1-7(13)9-6-14(2)11-8(9)4-3-5-10(11)12/h3-5,7,9H,6,13H2,1-2H3. The molecule has 0 aromatic heterocycles. The van der Waals surface area contributed by atoms with E-state index in [0.717, 1.165) is 17.3 Å². The van der Waals surface area contributed by atoms with Crippen molar-refractivity contribution in [3.8, 4) is 0 Å². The molecular formula is C11H15ClN2. The highest BCUT2D eigenvalue weighted by Gasteiger charge is 2.30. The molecule has 0 bridgehead atoms. The molecule has 0 radical (unpaired) electrons. The van der Waals surface area contributed by atoms with Crippen LogP contribution in [-0.2, 0) is 0 Å². The lowest BCUT2D eigenvalue weighted by Crippen LogP contribution is -2.28. The fraction of sp³-hybridized carbons (Fsp3) is 0.455. The first kappa shape index (κ1) is 9.81. The Hall–Kier alpha value is -0.730. The summed E-state index contributed by atoms with van der Waals surface area (Å²) in [5.41, 5.74) is 8.39. The molecule has 1 heterocycles. The Bertz CT molecular complexity index is 349. The maximum Gasteiger partial charge on any atom is 0.0642 e. The molecule has 0 saturated heterocycles. The Balaban J connectivity index is 2.49. The zero-order valence-electron chi connectivity index (χ0n) is 8.50. The zero-order chi connectivity index (χ0) is 10.3. The van der Waals surface area contributed by atoms with Crippen molar-refractivity contribution in [2.75, 3.05) is 18.5 Å². The largest absolute Gasteiger partial charge is 0.372 e. The third kappa shape index (κ3) is 1.39. The summed E-state index contributed by atoms with van der Waals surface area (Å²) in [6.45, 7) is 3.02. The first-order valence-corrected chi connectivity index (χ1v) is 5.24. The van der Waals surface area contributed by atoms with Crippen LogP contribution in [0.15, 0.2) is 18.2 Å². The van der Waals surface area contributed by atoms with Crippen molar-refractivity contribution in [1.82, 2.24) is 0 Å². The second-order valence-corrected chi connectivity index (χ2v) is 4.43. The maximum atomic E-state index is 6.15. The highest BCUT2D eigenvalue weighted by molar-refractivity contribution is 6.33. The Kier molecular flexibility index (Phi) is 2.41. The van der Waals surface area contributed by atoms with Crippen LogP contribution in [0.5, 0.6) is 0 Å². The van der Waals surface area contributed by atoms with Gasteiger partial charge in [-0.3, -0.25) is 0 Å². The van der Waals surface area contributed by atoms with Crippen molar-refractivity contribution < 1.29 is 0 Å². The topological polar surface area (TPSA) is 29.3 Å². The average Bonchev–Trinajstić information content (AvgIpc) is 2.45. The predicted octanol–water partition coefficient (Wildman–Crippen LogP) is 2.22. The lowest BCUT2D eigenvalue weighted by molar-refractivity contribution is 0.593. The van der Waals surface area contributed by atoms with Gasteiger partial charge < -0.3 is 10.6 Å². The monoisotopic (exact) mass is 210 g/mol. The van der Waals surface area contributed by atoms with Gasteiger partial charge in [0.1, 0.15) is 0 Å². The number of likely N-dealkylation sites (N-methyl/N-ethyl adjacent to an activating group) is 1. The summed E-state index contributed by atoms with van der Waals surface area (Å²) in [5.74, 6) is 0.411. The molecule has 2 rings (SSSR count). The number of anilines is 1. The fourth-order valence-corrected chi connectivity index (χ4v) is 2.49. The predicted molar refractivity (Wildman–Crippen MR) is 61.1 cm³/mol. The molecule has 0 fully saturated rings. The number of hydrogen-bond acceptors (Lipinski definition) is 2. The Morgan fingerprint density at radius 2 is 2.29 bits per heavy atom. The van der Waals surface area contributed by atoms with Gasteiger partial charge in [-0.2, -0.15) is 0 Å². The van der Waals surface area contributed by atoms with Gasteiger partial charge in [0.15, 0.2) is 0 Å². The van der Waals surface area contributed by atoms with Gasteiger partial charge in [0.05, 0.1) is 10.7 Å². The van der Waals surface area contributed by atoms with Crippen molar-refractivity contribution in [1.29, 1.82) is 0 Å². The average molecular weight is 211 g/mol. The molecule has 1 aromatic rings. The molecule has 0 aliphatic carbocycles. The minimum Gasteiger partial charge on any atom is -0.372 e. The summed E-state index contributed by atoms with van der Waals surface area (Å²) >= 11 is 6.15. The van der Waals surface area contributed by atoms with Gasteiger partial charge in [-0.15, -0.1) is 0 Å². The van der Waals surface area contributed by atoms with Crippen LogP contribution in [-0.4, -0.2) is 19.6 Å². The van der Waals surface area contributed by atoms with E-state index in [1.807, 2.05) is 12.1 Å². The van der Waals surface area contributed by atoms with Crippen LogP contribution < -0.4 is 10.6 Å². The van der Waals surface area contributed by atoms with Crippen LogP contribution in [0.25, 0.3) is 0 Å². The quantitative estimate of drug-likeness (QED) is 0.770. The molecular weight excluding hydrogens is 196 g/mol. The summed E-state index contributed by atoms with van der Waals surface area (Å²) in [7, 11) is 2.06. The molecule has 3 heteroatoms.